The van der Waals surface area contributed by atoms with E-state index in [1.54, 1.807) is 23.1 Å². The quantitative estimate of drug-likeness (QED) is 0.725. The van der Waals surface area contributed by atoms with Gasteiger partial charge in [0.1, 0.15) is 0 Å². The van der Waals surface area contributed by atoms with E-state index in [9.17, 15) is 14.4 Å². The lowest BCUT2D eigenvalue weighted by Crippen LogP contribution is -2.32. The first kappa shape index (κ1) is 20.4. The number of nitrogens with one attached hydrogen (secondary N) is 3. The van der Waals surface area contributed by atoms with Crippen LogP contribution in [0.4, 0.5) is 16.2 Å². The summed E-state index contributed by atoms with van der Waals surface area (Å²) in [5, 5.41) is 8.51. The average Bonchev–Trinajstić information content (AvgIpc) is 3.23. The molecule has 1 aliphatic rings. The fourth-order valence-electron chi connectivity index (χ4n) is 3.25. The van der Waals surface area contributed by atoms with E-state index in [1.807, 2.05) is 31.2 Å². The van der Waals surface area contributed by atoms with Gasteiger partial charge in [-0.15, -0.1) is 0 Å². The predicted molar refractivity (Wildman–Crippen MR) is 113 cm³/mol. The lowest BCUT2D eigenvalue weighted by Gasteiger charge is -2.16. The third kappa shape index (κ3) is 5.57. The summed E-state index contributed by atoms with van der Waals surface area (Å²) in [7, 11) is 0. The molecule has 3 rings (SSSR count). The molecule has 0 aliphatic carbocycles. The maximum absolute atomic E-state index is 12.5. The van der Waals surface area contributed by atoms with Crippen LogP contribution >= 0.6 is 0 Å². The minimum absolute atomic E-state index is 0.0890. The van der Waals surface area contributed by atoms with Crippen molar-refractivity contribution in [1.29, 1.82) is 0 Å². The van der Waals surface area contributed by atoms with Crippen molar-refractivity contribution in [3.63, 3.8) is 0 Å². The van der Waals surface area contributed by atoms with Crippen molar-refractivity contribution in [3.05, 3.63) is 59.2 Å². The van der Waals surface area contributed by atoms with Gasteiger partial charge in [-0.2, -0.15) is 0 Å². The fourth-order valence-corrected chi connectivity index (χ4v) is 3.25. The molecular weight excluding hydrogens is 368 g/mol. The Morgan fingerprint density at radius 1 is 1.00 bits per heavy atom. The standard InChI is InChI=1S/C22H26N4O3/c1-15-8-9-18(13-20(15)24-16(2)27)21(28)23-14-17-6-5-7-19(12-17)25-22(29)26-10-3-4-11-26/h5-9,12-13H,3-4,10-11,14H2,1-2H3,(H,23,28)(H,24,27)(H,25,29). The van der Waals surface area contributed by atoms with Crippen LogP contribution in [0.25, 0.3) is 0 Å². The van der Waals surface area contributed by atoms with Crippen LogP contribution in [0, 0.1) is 6.92 Å². The number of carbonyl (C=O) groups is 3. The fraction of sp³-hybridized carbons (Fsp3) is 0.318. The molecular formula is C22H26N4O3. The molecule has 0 spiro atoms. The summed E-state index contributed by atoms with van der Waals surface area (Å²) in [4.78, 5) is 37.8. The molecule has 152 valence electrons. The van der Waals surface area contributed by atoms with Gasteiger partial charge in [-0.3, -0.25) is 9.59 Å². The van der Waals surface area contributed by atoms with Crippen LogP contribution in [0.1, 0.15) is 41.3 Å². The van der Waals surface area contributed by atoms with Gasteiger partial charge in [0.15, 0.2) is 0 Å². The van der Waals surface area contributed by atoms with Crippen molar-refractivity contribution >= 4 is 29.2 Å². The van der Waals surface area contributed by atoms with Gasteiger partial charge in [0.2, 0.25) is 5.91 Å². The maximum Gasteiger partial charge on any atom is 0.321 e. The van der Waals surface area contributed by atoms with Crippen molar-refractivity contribution < 1.29 is 14.4 Å². The Hall–Kier alpha value is -3.35. The first-order valence-corrected chi connectivity index (χ1v) is 9.73. The summed E-state index contributed by atoms with van der Waals surface area (Å²) in [6.07, 6.45) is 2.09. The minimum atomic E-state index is -0.233. The molecule has 3 N–H and O–H groups in total. The first-order valence-electron chi connectivity index (χ1n) is 9.73. The van der Waals surface area contributed by atoms with Crippen molar-refractivity contribution in [1.82, 2.24) is 10.2 Å². The Kier molecular flexibility index (Phi) is 6.49. The van der Waals surface area contributed by atoms with E-state index in [4.69, 9.17) is 0 Å². The topological polar surface area (TPSA) is 90.5 Å². The number of aryl methyl sites for hydroxylation is 1. The molecule has 29 heavy (non-hydrogen) atoms. The normalized spacial score (nSPS) is 13.1. The van der Waals surface area contributed by atoms with E-state index >= 15 is 0 Å². The molecule has 1 saturated heterocycles. The first-order chi connectivity index (χ1) is 13.9. The zero-order chi connectivity index (χ0) is 20.8. The molecule has 2 aromatic rings. The third-order valence-corrected chi connectivity index (χ3v) is 4.84. The van der Waals surface area contributed by atoms with Crippen LogP contribution in [-0.2, 0) is 11.3 Å². The predicted octanol–water partition coefficient (Wildman–Crippen LogP) is 3.51. The van der Waals surface area contributed by atoms with Crippen molar-refractivity contribution in [2.45, 2.75) is 33.2 Å². The molecule has 0 saturated carbocycles. The van der Waals surface area contributed by atoms with Gasteiger partial charge in [-0.1, -0.05) is 18.2 Å². The molecule has 1 aliphatic heterocycles. The number of benzene rings is 2. The minimum Gasteiger partial charge on any atom is -0.348 e. The molecule has 4 amide bonds. The van der Waals surface area contributed by atoms with E-state index in [0.717, 1.165) is 37.1 Å². The van der Waals surface area contributed by atoms with E-state index < -0.39 is 0 Å². The van der Waals surface area contributed by atoms with Crippen LogP contribution in [0.15, 0.2) is 42.5 Å². The third-order valence-electron chi connectivity index (χ3n) is 4.84. The van der Waals surface area contributed by atoms with Gasteiger partial charge in [0.05, 0.1) is 0 Å². The van der Waals surface area contributed by atoms with Crippen molar-refractivity contribution in [3.8, 4) is 0 Å². The molecule has 0 radical (unpaired) electrons. The number of nitrogens with zero attached hydrogens (tertiary/aromatic N) is 1. The molecule has 2 aromatic carbocycles. The Balaban J connectivity index is 1.60. The molecule has 0 atom stereocenters. The highest BCUT2D eigenvalue weighted by atomic mass is 16.2. The van der Waals surface area contributed by atoms with E-state index in [-0.39, 0.29) is 17.8 Å². The molecule has 0 unspecified atom stereocenters. The lowest BCUT2D eigenvalue weighted by atomic mass is 10.1. The van der Waals surface area contributed by atoms with Crippen LogP contribution in [-0.4, -0.2) is 35.8 Å². The smallest absolute Gasteiger partial charge is 0.321 e. The SMILES string of the molecule is CC(=O)Nc1cc(C(=O)NCc2cccc(NC(=O)N3CCCC3)c2)ccc1C. The Labute approximate surface area is 170 Å². The van der Waals surface area contributed by atoms with Crippen molar-refractivity contribution in [2.24, 2.45) is 0 Å². The van der Waals surface area contributed by atoms with E-state index in [1.165, 1.54) is 6.92 Å². The Morgan fingerprint density at radius 2 is 1.76 bits per heavy atom. The van der Waals surface area contributed by atoms with Gasteiger partial charge >= 0.3 is 6.03 Å². The van der Waals surface area contributed by atoms with Gasteiger partial charge in [0.25, 0.3) is 5.91 Å². The zero-order valence-electron chi connectivity index (χ0n) is 16.7. The number of carbonyl (C=O) groups excluding carboxylic acids is 3. The number of anilines is 2. The highest BCUT2D eigenvalue weighted by molar-refractivity contribution is 5.97. The summed E-state index contributed by atoms with van der Waals surface area (Å²) in [6.45, 7) is 5.21. The molecule has 0 bridgehead atoms. The van der Waals surface area contributed by atoms with E-state index in [0.29, 0.717) is 23.5 Å². The van der Waals surface area contributed by atoms with Crippen LogP contribution in [0.2, 0.25) is 0 Å². The summed E-state index contributed by atoms with van der Waals surface area (Å²) in [5.41, 5.74) is 3.57. The summed E-state index contributed by atoms with van der Waals surface area (Å²) >= 11 is 0. The molecule has 7 heteroatoms. The highest BCUT2D eigenvalue weighted by Gasteiger charge is 2.17. The molecule has 7 nitrogen and oxygen atoms in total. The van der Waals surface area contributed by atoms with E-state index in [2.05, 4.69) is 16.0 Å². The number of rotatable bonds is 5. The van der Waals surface area contributed by atoms with Gasteiger partial charge in [-0.05, 0) is 55.2 Å². The number of likely N-dealkylation sites (tertiary alicyclic amines) is 1. The number of urea groups is 1. The number of hydrogen-bond acceptors (Lipinski definition) is 3. The second-order valence-electron chi connectivity index (χ2n) is 7.22. The molecule has 0 aromatic heterocycles. The molecule has 1 heterocycles. The summed E-state index contributed by atoms with van der Waals surface area (Å²) < 4.78 is 0. The zero-order valence-corrected chi connectivity index (χ0v) is 16.7. The van der Waals surface area contributed by atoms with Gasteiger partial charge in [-0.25, -0.2) is 4.79 Å². The second kappa shape index (κ2) is 9.23. The largest absolute Gasteiger partial charge is 0.348 e. The number of amides is 4. The summed E-state index contributed by atoms with van der Waals surface area (Å²) in [5.74, 6) is -0.415. The highest BCUT2D eigenvalue weighted by Crippen LogP contribution is 2.18. The van der Waals surface area contributed by atoms with Crippen LogP contribution < -0.4 is 16.0 Å². The van der Waals surface area contributed by atoms with Gasteiger partial charge in [0, 0.05) is 43.5 Å². The monoisotopic (exact) mass is 394 g/mol. The number of hydrogen-bond donors (Lipinski definition) is 3. The summed E-state index contributed by atoms with van der Waals surface area (Å²) in [6, 6.07) is 12.5. The van der Waals surface area contributed by atoms with Crippen molar-refractivity contribution in [2.75, 3.05) is 23.7 Å². The second-order valence-corrected chi connectivity index (χ2v) is 7.22. The van der Waals surface area contributed by atoms with Crippen LogP contribution in [0.5, 0.6) is 0 Å². The average molecular weight is 394 g/mol. The van der Waals surface area contributed by atoms with Crippen LogP contribution in [0.3, 0.4) is 0 Å². The molecule has 1 fully saturated rings. The Bertz CT molecular complexity index is 920. The Morgan fingerprint density at radius 3 is 2.48 bits per heavy atom. The maximum atomic E-state index is 12.5. The van der Waals surface area contributed by atoms with Gasteiger partial charge < -0.3 is 20.9 Å². The lowest BCUT2D eigenvalue weighted by molar-refractivity contribution is -0.114.